The van der Waals surface area contributed by atoms with Crippen molar-refractivity contribution in [2.75, 3.05) is 7.11 Å². The summed E-state index contributed by atoms with van der Waals surface area (Å²) in [7, 11) is 1.49. The van der Waals surface area contributed by atoms with Crippen LogP contribution < -0.4 is 10.3 Å². The first kappa shape index (κ1) is 8.62. The lowest BCUT2D eigenvalue weighted by Gasteiger charge is -2.04. The third kappa shape index (κ3) is 1.12. The van der Waals surface area contributed by atoms with Crippen LogP contribution in [0.1, 0.15) is 0 Å². The number of benzene rings is 1. The molecule has 0 fully saturated rings. The fourth-order valence-corrected chi connectivity index (χ4v) is 1.42. The molecular weight excluding hydrogens is 182 g/mol. The molecule has 0 aliphatic carbocycles. The van der Waals surface area contributed by atoms with Gasteiger partial charge in [-0.3, -0.25) is 4.79 Å². The van der Waals surface area contributed by atoms with Crippen LogP contribution in [0.5, 0.6) is 5.75 Å². The third-order valence-corrected chi connectivity index (χ3v) is 2.10. The molecule has 0 saturated heterocycles. The van der Waals surface area contributed by atoms with Gasteiger partial charge in [0.1, 0.15) is 5.75 Å². The van der Waals surface area contributed by atoms with Crippen LogP contribution in [-0.2, 0) is 0 Å². The lowest BCUT2D eigenvalue weighted by molar-refractivity contribution is 0.176. The van der Waals surface area contributed by atoms with Gasteiger partial charge in [0.2, 0.25) is 0 Å². The first-order chi connectivity index (χ1) is 6.74. The van der Waals surface area contributed by atoms with E-state index < -0.39 is 5.56 Å². The van der Waals surface area contributed by atoms with Gasteiger partial charge >= 0.3 is 0 Å². The topological polar surface area (TPSA) is 51.5 Å². The van der Waals surface area contributed by atoms with Gasteiger partial charge in [-0.15, -0.1) is 0 Å². The van der Waals surface area contributed by atoms with Crippen molar-refractivity contribution in [2.24, 2.45) is 0 Å². The number of aromatic nitrogens is 1. The maximum absolute atomic E-state index is 11.5. The van der Waals surface area contributed by atoms with Gasteiger partial charge < -0.3 is 9.94 Å². The highest BCUT2D eigenvalue weighted by Crippen LogP contribution is 2.20. The van der Waals surface area contributed by atoms with E-state index in [1.807, 2.05) is 0 Å². The van der Waals surface area contributed by atoms with Crippen LogP contribution in [0, 0.1) is 0 Å². The van der Waals surface area contributed by atoms with E-state index in [4.69, 9.17) is 4.74 Å². The Morgan fingerprint density at radius 1 is 1.36 bits per heavy atom. The second-order valence-electron chi connectivity index (χ2n) is 2.89. The molecule has 2 rings (SSSR count). The largest absolute Gasteiger partial charge is 0.496 e. The molecule has 4 heteroatoms. The van der Waals surface area contributed by atoms with Crippen molar-refractivity contribution in [1.29, 1.82) is 0 Å². The minimum absolute atomic E-state index is 0.389. The minimum Gasteiger partial charge on any atom is -0.496 e. The Morgan fingerprint density at radius 2 is 2.14 bits per heavy atom. The van der Waals surface area contributed by atoms with E-state index in [0.29, 0.717) is 15.9 Å². The van der Waals surface area contributed by atoms with Gasteiger partial charge in [0.05, 0.1) is 12.5 Å². The predicted octanol–water partition coefficient (Wildman–Crippen LogP) is 1.25. The highest BCUT2D eigenvalue weighted by atomic mass is 16.5. The molecule has 0 spiro atoms. The van der Waals surface area contributed by atoms with Crippen molar-refractivity contribution in [2.45, 2.75) is 0 Å². The van der Waals surface area contributed by atoms with Crippen molar-refractivity contribution < 1.29 is 9.94 Å². The Morgan fingerprint density at radius 3 is 2.86 bits per heavy atom. The number of hydrogen-bond acceptors (Lipinski definition) is 3. The van der Waals surface area contributed by atoms with Gasteiger partial charge in [-0.25, -0.2) is 0 Å². The third-order valence-electron chi connectivity index (χ3n) is 2.10. The first-order valence-corrected chi connectivity index (χ1v) is 4.11. The van der Waals surface area contributed by atoms with E-state index in [9.17, 15) is 10.0 Å². The van der Waals surface area contributed by atoms with Gasteiger partial charge in [-0.05, 0) is 17.5 Å². The first-order valence-electron chi connectivity index (χ1n) is 4.11. The number of nitrogens with zero attached hydrogens (tertiary/aromatic N) is 1. The van der Waals surface area contributed by atoms with Crippen LogP contribution in [0.3, 0.4) is 0 Å². The number of rotatable bonds is 1. The summed E-state index contributed by atoms with van der Waals surface area (Å²) in [4.78, 5) is 11.5. The van der Waals surface area contributed by atoms with Crippen molar-refractivity contribution in [3.63, 3.8) is 0 Å². The predicted molar refractivity (Wildman–Crippen MR) is 51.9 cm³/mol. The maximum atomic E-state index is 11.5. The average molecular weight is 191 g/mol. The number of methoxy groups -OCH3 is 1. The Kier molecular flexibility index (Phi) is 1.89. The standard InChI is InChI=1S/C10H9NO3/c1-14-8-4-2-3-7-5-6-11(13)10(12)9(7)8/h2-6,13H,1H3. The van der Waals surface area contributed by atoms with E-state index in [0.717, 1.165) is 5.39 Å². The van der Waals surface area contributed by atoms with Crippen LogP contribution in [0.4, 0.5) is 0 Å². The second-order valence-corrected chi connectivity index (χ2v) is 2.89. The van der Waals surface area contributed by atoms with Gasteiger partial charge in [0, 0.05) is 6.20 Å². The van der Waals surface area contributed by atoms with Crippen molar-refractivity contribution in [3.8, 4) is 5.75 Å². The minimum atomic E-state index is -0.472. The van der Waals surface area contributed by atoms with E-state index in [1.165, 1.54) is 13.3 Å². The second kappa shape index (κ2) is 3.06. The lowest BCUT2D eigenvalue weighted by atomic mass is 10.1. The molecule has 72 valence electrons. The zero-order valence-electron chi connectivity index (χ0n) is 7.60. The fraction of sp³-hybridized carbons (Fsp3) is 0.100. The molecule has 0 radical (unpaired) electrons. The molecule has 0 aliphatic heterocycles. The van der Waals surface area contributed by atoms with E-state index in [2.05, 4.69) is 0 Å². The van der Waals surface area contributed by atoms with Gasteiger partial charge in [-0.1, -0.05) is 12.1 Å². The number of fused-ring (bicyclic) bond motifs is 1. The van der Waals surface area contributed by atoms with Crippen molar-refractivity contribution in [3.05, 3.63) is 40.8 Å². The van der Waals surface area contributed by atoms with E-state index in [-0.39, 0.29) is 0 Å². The van der Waals surface area contributed by atoms with E-state index >= 15 is 0 Å². The fourth-order valence-electron chi connectivity index (χ4n) is 1.42. The highest BCUT2D eigenvalue weighted by molar-refractivity contribution is 5.87. The summed E-state index contributed by atoms with van der Waals surface area (Å²) in [6, 6.07) is 6.92. The average Bonchev–Trinajstić information content (AvgIpc) is 2.23. The molecular formula is C10H9NO3. The van der Waals surface area contributed by atoms with Crippen LogP contribution in [0.25, 0.3) is 10.8 Å². The maximum Gasteiger partial charge on any atom is 0.294 e. The summed E-state index contributed by atoms with van der Waals surface area (Å²) in [5.41, 5.74) is -0.472. The molecule has 1 N–H and O–H groups in total. The smallest absolute Gasteiger partial charge is 0.294 e. The number of ether oxygens (including phenoxy) is 1. The van der Waals surface area contributed by atoms with Crippen molar-refractivity contribution >= 4 is 10.8 Å². The molecule has 0 aliphatic rings. The molecule has 0 bridgehead atoms. The van der Waals surface area contributed by atoms with E-state index in [1.54, 1.807) is 24.3 Å². The van der Waals surface area contributed by atoms with Gasteiger partial charge in [0.15, 0.2) is 0 Å². The molecule has 14 heavy (non-hydrogen) atoms. The Bertz CT molecular complexity index is 530. The summed E-state index contributed by atoms with van der Waals surface area (Å²) in [6.45, 7) is 0. The molecule has 1 heterocycles. The normalized spacial score (nSPS) is 10.4. The monoisotopic (exact) mass is 191 g/mol. The number of pyridine rings is 1. The molecule has 0 amide bonds. The molecule has 0 atom stereocenters. The lowest BCUT2D eigenvalue weighted by Crippen LogP contribution is -2.17. The summed E-state index contributed by atoms with van der Waals surface area (Å²) >= 11 is 0. The zero-order valence-corrected chi connectivity index (χ0v) is 7.60. The van der Waals surface area contributed by atoms with Gasteiger partial charge in [-0.2, -0.15) is 4.73 Å². The summed E-state index contributed by atoms with van der Waals surface area (Å²) in [6.07, 6.45) is 1.31. The Labute approximate surface area is 79.9 Å². The van der Waals surface area contributed by atoms with Crippen LogP contribution in [0.2, 0.25) is 0 Å². The molecule has 1 aromatic carbocycles. The molecule has 1 aromatic heterocycles. The Balaban J connectivity index is 2.97. The molecule has 4 nitrogen and oxygen atoms in total. The van der Waals surface area contributed by atoms with Gasteiger partial charge in [0.25, 0.3) is 5.56 Å². The van der Waals surface area contributed by atoms with Crippen molar-refractivity contribution in [1.82, 2.24) is 4.73 Å². The Hall–Kier alpha value is -1.97. The SMILES string of the molecule is COc1cccc2ccn(O)c(=O)c12. The summed E-state index contributed by atoms with van der Waals surface area (Å²) < 4.78 is 5.59. The quantitative estimate of drug-likeness (QED) is 0.690. The molecule has 0 saturated carbocycles. The number of hydrogen-bond donors (Lipinski definition) is 1. The summed E-state index contributed by atoms with van der Waals surface area (Å²) in [5.74, 6) is 0.468. The van der Waals surface area contributed by atoms with Crippen LogP contribution in [0.15, 0.2) is 35.3 Å². The summed E-state index contributed by atoms with van der Waals surface area (Å²) in [5, 5.41) is 10.3. The molecule has 0 unspecified atom stereocenters. The zero-order chi connectivity index (χ0) is 10.1. The van der Waals surface area contributed by atoms with Crippen LogP contribution in [-0.4, -0.2) is 17.0 Å². The molecule has 2 aromatic rings. The van der Waals surface area contributed by atoms with Crippen LogP contribution >= 0.6 is 0 Å². The highest BCUT2D eigenvalue weighted by Gasteiger charge is 2.06.